The zero-order valence-corrected chi connectivity index (χ0v) is 14.9. The second-order valence-corrected chi connectivity index (χ2v) is 9.29. The lowest BCUT2D eigenvalue weighted by Crippen LogP contribution is -2.39. The van der Waals surface area contributed by atoms with Crippen LogP contribution in [-0.2, 0) is 27.8 Å². The topological polar surface area (TPSA) is 79.4 Å². The molecule has 8 heteroatoms. The first-order valence-electron chi connectivity index (χ1n) is 7.62. The lowest BCUT2D eigenvalue weighted by molar-refractivity contribution is -0.116. The molecule has 0 saturated heterocycles. The fourth-order valence-corrected chi connectivity index (χ4v) is 4.63. The maximum Gasteiger partial charge on any atom is 0.226 e. The number of rotatable bonds is 6. The van der Waals surface area contributed by atoms with Crippen LogP contribution < -0.4 is 5.32 Å². The van der Waals surface area contributed by atoms with Gasteiger partial charge in [0.25, 0.3) is 0 Å². The maximum absolute atomic E-state index is 12.2. The fourth-order valence-electron chi connectivity index (χ4n) is 2.26. The van der Waals surface area contributed by atoms with Crippen LogP contribution in [-0.4, -0.2) is 35.4 Å². The molecule has 1 aromatic heterocycles. The lowest BCUT2D eigenvalue weighted by Gasteiger charge is -2.26. The maximum atomic E-state index is 12.2. The van der Waals surface area contributed by atoms with Crippen molar-refractivity contribution < 1.29 is 13.2 Å². The predicted octanol–water partition coefficient (Wildman–Crippen LogP) is 2.37. The average Bonchev–Trinajstić information content (AvgIpc) is 2.85. The summed E-state index contributed by atoms with van der Waals surface area (Å²) in [5.41, 5.74) is 0.908. The van der Waals surface area contributed by atoms with Gasteiger partial charge < -0.3 is 5.32 Å². The number of anilines is 1. The summed E-state index contributed by atoms with van der Waals surface area (Å²) < 4.78 is 26.0. The van der Waals surface area contributed by atoms with Crippen LogP contribution in [0.2, 0.25) is 0 Å². The normalized spacial score (nSPS) is 15.8. The molecule has 1 amide bonds. The number of thiazole rings is 1. The number of carbonyl (C=O) groups excluding carboxylic acids is 1. The smallest absolute Gasteiger partial charge is 0.226 e. The largest absolute Gasteiger partial charge is 0.302 e. The highest BCUT2D eigenvalue weighted by Gasteiger charge is 2.31. The molecule has 1 aliphatic rings. The summed E-state index contributed by atoms with van der Waals surface area (Å²) in [7, 11) is -3.24. The molecule has 0 bridgehead atoms. The van der Waals surface area contributed by atoms with Crippen LogP contribution in [0.3, 0.4) is 0 Å². The van der Waals surface area contributed by atoms with Crippen molar-refractivity contribution in [3.8, 4) is 0 Å². The monoisotopic (exact) mass is 345 g/mol. The van der Waals surface area contributed by atoms with Gasteiger partial charge in [0.2, 0.25) is 15.9 Å². The van der Waals surface area contributed by atoms with Gasteiger partial charge in [0.1, 0.15) is 0 Å². The molecule has 2 rings (SSSR count). The Balaban J connectivity index is 2.06. The fraction of sp³-hybridized carbons (Fsp3) is 0.714. The number of unbranched alkanes of at least 4 members (excludes halogenated alkanes) is 1. The van der Waals surface area contributed by atoms with E-state index in [4.69, 9.17) is 0 Å². The van der Waals surface area contributed by atoms with Crippen molar-refractivity contribution in [2.24, 2.45) is 0 Å². The van der Waals surface area contributed by atoms with E-state index in [0.29, 0.717) is 31.1 Å². The number of hydrogen-bond donors (Lipinski definition) is 1. The molecule has 0 radical (unpaired) electrons. The standard InChI is InChI=1S/C14H23N3O3S2/c1-4-5-6-13(18)16-14-15-11-7-8-17(9-12(11)21-14)22(19,20)10(2)3/h10H,4-9H2,1-3H3,(H,15,16,18). The van der Waals surface area contributed by atoms with Crippen molar-refractivity contribution in [2.45, 2.75) is 58.2 Å². The van der Waals surface area contributed by atoms with Gasteiger partial charge in [-0.15, -0.1) is 11.3 Å². The molecule has 0 atom stereocenters. The van der Waals surface area contributed by atoms with Crippen molar-refractivity contribution in [3.05, 3.63) is 10.6 Å². The van der Waals surface area contributed by atoms with E-state index in [1.807, 2.05) is 6.92 Å². The number of sulfonamides is 1. The SMILES string of the molecule is CCCCC(=O)Nc1nc2c(s1)CN(S(=O)(=O)C(C)C)CC2. The van der Waals surface area contributed by atoms with Gasteiger partial charge in [0, 0.05) is 30.8 Å². The minimum Gasteiger partial charge on any atom is -0.302 e. The Labute approximate surface area is 136 Å². The molecule has 0 fully saturated rings. The van der Waals surface area contributed by atoms with Gasteiger partial charge in [-0.05, 0) is 20.3 Å². The molecule has 124 valence electrons. The minimum absolute atomic E-state index is 0.0281. The Morgan fingerprint density at radius 1 is 1.45 bits per heavy atom. The van der Waals surface area contributed by atoms with Crippen molar-refractivity contribution >= 4 is 32.4 Å². The van der Waals surface area contributed by atoms with E-state index in [0.717, 1.165) is 23.4 Å². The van der Waals surface area contributed by atoms with Gasteiger partial charge >= 0.3 is 0 Å². The Morgan fingerprint density at radius 2 is 2.18 bits per heavy atom. The van der Waals surface area contributed by atoms with E-state index in [1.165, 1.54) is 15.6 Å². The zero-order chi connectivity index (χ0) is 16.3. The van der Waals surface area contributed by atoms with Crippen LogP contribution in [0, 0.1) is 0 Å². The number of aromatic nitrogens is 1. The summed E-state index contributed by atoms with van der Waals surface area (Å²) >= 11 is 1.38. The number of amides is 1. The van der Waals surface area contributed by atoms with E-state index >= 15 is 0 Å². The number of nitrogens with zero attached hydrogens (tertiary/aromatic N) is 2. The Bertz CT molecular complexity index is 638. The third-order valence-corrected chi connectivity index (χ3v) is 6.88. The predicted molar refractivity (Wildman–Crippen MR) is 88.4 cm³/mol. The number of carbonyl (C=O) groups is 1. The van der Waals surface area contributed by atoms with Crippen LogP contribution in [0.25, 0.3) is 0 Å². The number of nitrogens with one attached hydrogen (secondary N) is 1. The molecule has 0 saturated carbocycles. The highest BCUT2D eigenvalue weighted by Crippen LogP contribution is 2.30. The zero-order valence-electron chi connectivity index (χ0n) is 13.3. The minimum atomic E-state index is -3.24. The van der Waals surface area contributed by atoms with Crippen LogP contribution in [0.5, 0.6) is 0 Å². The number of hydrogen-bond acceptors (Lipinski definition) is 5. The summed E-state index contributed by atoms with van der Waals surface area (Å²) in [6.07, 6.45) is 2.93. The van der Waals surface area contributed by atoms with Gasteiger partial charge in [-0.3, -0.25) is 4.79 Å². The molecule has 22 heavy (non-hydrogen) atoms. The molecule has 0 aromatic carbocycles. The van der Waals surface area contributed by atoms with Gasteiger partial charge in [0.05, 0.1) is 10.9 Å². The Hall–Kier alpha value is -0.990. The summed E-state index contributed by atoms with van der Waals surface area (Å²) in [6, 6.07) is 0. The highest BCUT2D eigenvalue weighted by molar-refractivity contribution is 7.89. The molecule has 6 nitrogen and oxygen atoms in total. The summed E-state index contributed by atoms with van der Waals surface area (Å²) in [6.45, 7) is 6.24. The summed E-state index contributed by atoms with van der Waals surface area (Å²) in [5, 5.41) is 2.97. The molecule has 2 heterocycles. The number of fused-ring (bicyclic) bond motifs is 1. The molecular weight excluding hydrogens is 322 g/mol. The van der Waals surface area contributed by atoms with Crippen LogP contribution in [0.1, 0.15) is 50.6 Å². The van der Waals surface area contributed by atoms with Crippen LogP contribution in [0.15, 0.2) is 0 Å². The first-order valence-corrected chi connectivity index (χ1v) is 9.94. The van der Waals surface area contributed by atoms with E-state index < -0.39 is 15.3 Å². The third kappa shape index (κ3) is 3.85. The van der Waals surface area contributed by atoms with Crippen LogP contribution >= 0.6 is 11.3 Å². The van der Waals surface area contributed by atoms with Crippen molar-refractivity contribution in [1.29, 1.82) is 0 Å². The summed E-state index contributed by atoms with van der Waals surface area (Å²) in [4.78, 5) is 17.1. The average molecular weight is 345 g/mol. The molecule has 0 spiro atoms. The van der Waals surface area contributed by atoms with Gasteiger partial charge in [-0.1, -0.05) is 13.3 Å². The quantitative estimate of drug-likeness (QED) is 0.858. The summed E-state index contributed by atoms with van der Waals surface area (Å²) in [5.74, 6) is -0.0281. The first kappa shape index (κ1) is 17.4. The van der Waals surface area contributed by atoms with E-state index in [2.05, 4.69) is 10.3 Å². The molecule has 1 aromatic rings. The van der Waals surface area contributed by atoms with Crippen molar-refractivity contribution in [1.82, 2.24) is 9.29 Å². The molecule has 0 aliphatic carbocycles. The van der Waals surface area contributed by atoms with Crippen molar-refractivity contribution in [3.63, 3.8) is 0 Å². The second-order valence-electron chi connectivity index (χ2n) is 5.72. The third-order valence-electron chi connectivity index (χ3n) is 3.66. The molecular formula is C14H23N3O3S2. The molecule has 1 aliphatic heterocycles. The lowest BCUT2D eigenvalue weighted by atomic mass is 10.2. The van der Waals surface area contributed by atoms with Gasteiger partial charge in [-0.25, -0.2) is 13.4 Å². The van der Waals surface area contributed by atoms with E-state index in [1.54, 1.807) is 13.8 Å². The van der Waals surface area contributed by atoms with Gasteiger partial charge in [0.15, 0.2) is 5.13 Å². The van der Waals surface area contributed by atoms with Crippen molar-refractivity contribution in [2.75, 3.05) is 11.9 Å². The highest BCUT2D eigenvalue weighted by atomic mass is 32.2. The van der Waals surface area contributed by atoms with Gasteiger partial charge in [-0.2, -0.15) is 4.31 Å². The van der Waals surface area contributed by atoms with E-state index in [-0.39, 0.29) is 5.91 Å². The first-order chi connectivity index (χ1) is 10.3. The Morgan fingerprint density at radius 3 is 2.82 bits per heavy atom. The second kappa shape index (κ2) is 7.06. The Kier molecular flexibility index (Phi) is 5.57. The molecule has 0 unspecified atom stereocenters. The van der Waals surface area contributed by atoms with E-state index in [9.17, 15) is 13.2 Å². The molecule has 1 N–H and O–H groups in total. The van der Waals surface area contributed by atoms with Crippen LogP contribution in [0.4, 0.5) is 5.13 Å².